The molecule has 0 radical (unpaired) electrons. The Morgan fingerprint density at radius 1 is 1.64 bits per heavy atom. The van der Waals surface area contributed by atoms with E-state index >= 15 is 0 Å². The first kappa shape index (κ1) is 10.2. The fraction of sp³-hybridized carbons (Fsp3) is 0.667. The summed E-state index contributed by atoms with van der Waals surface area (Å²) >= 11 is 0. The zero-order valence-corrected chi connectivity index (χ0v) is 7.31. The van der Waals surface area contributed by atoms with Gasteiger partial charge in [0.2, 0.25) is 0 Å². The van der Waals surface area contributed by atoms with Crippen LogP contribution < -0.4 is 0 Å². The largest absolute Gasteiger partial charge is 0.371 e. The van der Waals surface area contributed by atoms with Gasteiger partial charge in [-0.3, -0.25) is 4.79 Å². The highest BCUT2D eigenvalue weighted by Crippen LogP contribution is 1.95. The predicted octanol–water partition coefficient (Wildman–Crippen LogP) is 1.39. The van der Waals surface area contributed by atoms with Gasteiger partial charge in [0.05, 0.1) is 6.42 Å². The van der Waals surface area contributed by atoms with Crippen LogP contribution in [0, 0.1) is 11.8 Å². The second kappa shape index (κ2) is 5.94. The summed E-state index contributed by atoms with van der Waals surface area (Å²) in [6.45, 7) is 5.92. The maximum atomic E-state index is 11.1. The van der Waals surface area contributed by atoms with Crippen LogP contribution >= 0.6 is 0 Å². The number of rotatable bonds is 4. The smallest absolute Gasteiger partial charge is 0.173 e. The van der Waals surface area contributed by atoms with Crippen LogP contribution in [0.1, 0.15) is 27.2 Å². The van der Waals surface area contributed by atoms with E-state index in [2.05, 4.69) is 11.8 Å². The van der Waals surface area contributed by atoms with E-state index in [0.29, 0.717) is 13.0 Å². The van der Waals surface area contributed by atoms with Crippen molar-refractivity contribution in [3.8, 4) is 11.8 Å². The molecule has 0 bridgehead atoms. The fourth-order valence-electron chi connectivity index (χ4n) is 0.662. The number of Topliss-reactive ketones (excluding diaryl/α,β-unsaturated/α-hetero) is 1. The molecule has 2 nitrogen and oxygen atoms in total. The lowest BCUT2D eigenvalue weighted by atomic mass is 10.2. The molecule has 1 atom stereocenters. The summed E-state index contributed by atoms with van der Waals surface area (Å²) < 4.78 is 5.08. The van der Waals surface area contributed by atoms with E-state index < -0.39 is 0 Å². The van der Waals surface area contributed by atoms with E-state index in [0.717, 1.165) is 0 Å². The Kier molecular flexibility index (Phi) is 5.50. The first-order valence-corrected chi connectivity index (χ1v) is 3.76. The zero-order chi connectivity index (χ0) is 8.69. The summed E-state index contributed by atoms with van der Waals surface area (Å²) in [5, 5.41) is 0. The van der Waals surface area contributed by atoms with Crippen molar-refractivity contribution in [2.24, 2.45) is 0 Å². The van der Waals surface area contributed by atoms with Crippen molar-refractivity contribution in [3.05, 3.63) is 0 Å². The van der Waals surface area contributed by atoms with Gasteiger partial charge in [-0.1, -0.05) is 5.92 Å². The molecule has 62 valence electrons. The molecule has 0 spiro atoms. The van der Waals surface area contributed by atoms with Gasteiger partial charge < -0.3 is 4.74 Å². The minimum atomic E-state index is -0.305. The van der Waals surface area contributed by atoms with Crippen LogP contribution in [0.4, 0.5) is 0 Å². The lowest BCUT2D eigenvalue weighted by molar-refractivity contribution is -0.128. The number of ether oxygens (including phenoxy) is 1. The van der Waals surface area contributed by atoms with Gasteiger partial charge in [-0.05, 0) is 20.8 Å². The normalized spacial score (nSPS) is 11.5. The van der Waals surface area contributed by atoms with Crippen LogP contribution in [0.5, 0.6) is 0 Å². The number of hydrogen-bond acceptors (Lipinski definition) is 2. The van der Waals surface area contributed by atoms with Crippen LogP contribution in [-0.4, -0.2) is 18.5 Å². The van der Waals surface area contributed by atoms with Crippen molar-refractivity contribution in [2.75, 3.05) is 6.61 Å². The summed E-state index contributed by atoms with van der Waals surface area (Å²) in [6.07, 6.45) is -0.00153. The molecule has 0 rings (SSSR count). The van der Waals surface area contributed by atoms with E-state index in [1.807, 2.05) is 6.92 Å². The van der Waals surface area contributed by atoms with Gasteiger partial charge in [-0.25, -0.2) is 0 Å². The monoisotopic (exact) mass is 154 g/mol. The van der Waals surface area contributed by atoms with Gasteiger partial charge >= 0.3 is 0 Å². The summed E-state index contributed by atoms with van der Waals surface area (Å²) in [5.74, 6) is 5.43. The molecule has 0 aliphatic carbocycles. The molecule has 0 aromatic carbocycles. The quantitative estimate of drug-likeness (QED) is 0.572. The highest BCUT2D eigenvalue weighted by atomic mass is 16.5. The first-order valence-electron chi connectivity index (χ1n) is 3.76. The minimum Gasteiger partial charge on any atom is -0.371 e. The summed E-state index contributed by atoms with van der Waals surface area (Å²) in [6, 6.07) is 0. The van der Waals surface area contributed by atoms with Crippen molar-refractivity contribution in [1.82, 2.24) is 0 Å². The van der Waals surface area contributed by atoms with Crippen LogP contribution in [0.15, 0.2) is 0 Å². The van der Waals surface area contributed by atoms with Crippen molar-refractivity contribution in [3.63, 3.8) is 0 Å². The SMILES string of the molecule is CC#CCC(=O)C(C)OCC. The van der Waals surface area contributed by atoms with E-state index in [1.165, 1.54) is 0 Å². The molecular formula is C9H14O2. The average Bonchev–Trinajstić information content (AvgIpc) is 2.00. The van der Waals surface area contributed by atoms with Crippen LogP contribution in [0.2, 0.25) is 0 Å². The third kappa shape index (κ3) is 4.58. The van der Waals surface area contributed by atoms with E-state index in [4.69, 9.17) is 4.74 Å². The van der Waals surface area contributed by atoms with Gasteiger partial charge in [-0.2, -0.15) is 0 Å². The molecule has 0 amide bonds. The maximum Gasteiger partial charge on any atom is 0.173 e. The number of carbonyl (C=O) groups is 1. The van der Waals surface area contributed by atoms with Gasteiger partial charge in [0.1, 0.15) is 6.10 Å². The summed E-state index contributed by atoms with van der Waals surface area (Å²) in [4.78, 5) is 11.1. The Morgan fingerprint density at radius 3 is 2.73 bits per heavy atom. The Labute approximate surface area is 67.9 Å². The fourth-order valence-corrected chi connectivity index (χ4v) is 0.662. The highest BCUT2D eigenvalue weighted by molar-refractivity contribution is 5.84. The van der Waals surface area contributed by atoms with E-state index in [-0.39, 0.29) is 11.9 Å². The van der Waals surface area contributed by atoms with Crippen molar-refractivity contribution >= 4 is 5.78 Å². The molecule has 11 heavy (non-hydrogen) atoms. The summed E-state index contributed by atoms with van der Waals surface area (Å²) in [7, 11) is 0. The molecule has 0 N–H and O–H groups in total. The third-order valence-electron chi connectivity index (χ3n) is 1.31. The lowest BCUT2D eigenvalue weighted by Crippen LogP contribution is -2.19. The Balaban J connectivity index is 3.70. The van der Waals surface area contributed by atoms with E-state index in [1.54, 1.807) is 13.8 Å². The predicted molar refractivity (Wildman–Crippen MR) is 44.2 cm³/mol. The standard InChI is InChI=1S/C9H14O2/c1-4-6-7-9(10)8(3)11-5-2/h8H,5,7H2,1-3H3. The molecule has 0 saturated heterocycles. The number of carbonyl (C=O) groups excluding carboxylic acids is 1. The Morgan fingerprint density at radius 2 is 2.27 bits per heavy atom. The Bertz CT molecular complexity index is 174. The second-order valence-corrected chi connectivity index (χ2v) is 2.17. The molecule has 0 saturated carbocycles. The van der Waals surface area contributed by atoms with Gasteiger partial charge in [-0.15, -0.1) is 5.92 Å². The van der Waals surface area contributed by atoms with Gasteiger partial charge in [0.25, 0.3) is 0 Å². The van der Waals surface area contributed by atoms with Crippen molar-refractivity contribution in [2.45, 2.75) is 33.3 Å². The minimum absolute atomic E-state index is 0.0567. The first-order chi connectivity index (χ1) is 5.22. The molecular weight excluding hydrogens is 140 g/mol. The van der Waals surface area contributed by atoms with Gasteiger partial charge in [0.15, 0.2) is 5.78 Å². The van der Waals surface area contributed by atoms with Crippen molar-refractivity contribution < 1.29 is 9.53 Å². The summed E-state index contributed by atoms with van der Waals surface area (Å²) in [5.41, 5.74) is 0. The average molecular weight is 154 g/mol. The topological polar surface area (TPSA) is 26.3 Å². The molecule has 0 aliphatic heterocycles. The second-order valence-electron chi connectivity index (χ2n) is 2.17. The molecule has 0 heterocycles. The van der Waals surface area contributed by atoms with Crippen LogP contribution in [-0.2, 0) is 9.53 Å². The zero-order valence-electron chi connectivity index (χ0n) is 7.31. The third-order valence-corrected chi connectivity index (χ3v) is 1.31. The molecule has 0 aliphatic rings. The molecule has 1 unspecified atom stereocenters. The number of ketones is 1. The molecule has 2 heteroatoms. The molecule has 0 aromatic rings. The van der Waals surface area contributed by atoms with E-state index in [9.17, 15) is 4.79 Å². The number of hydrogen-bond donors (Lipinski definition) is 0. The maximum absolute atomic E-state index is 11.1. The highest BCUT2D eigenvalue weighted by Gasteiger charge is 2.09. The molecule has 0 aromatic heterocycles. The molecule has 0 fully saturated rings. The Hall–Kier alpha value is -0.810. The van der Waals surface area contributed by atoms with Crippen LogP contribution in [0.3, 0.4) is 0 Å². The van der Waals surface area contributed by atoms with Crippen molar-refractivity contribution in [1.29, 1.82) is 0 Å². The lowest BCUT2D eigenvalue weighted by Gasteiger charge is -2.06. The van der Waals surface area contributed by atoms with Gasteiger partial charge in [0, 0.05) is 6.61 Å². The van der Waals surface area contributed by atoms with Crippen LogP contribution in [0.25, 0.3) is 0 Å².